The number of hydrogen-bond donors (Lipinski definition) is 3. The van der Waals surface area contributed by atoms with Crippen LogP contribution in [0.1, 0.15) is 18.1 Å². The number of ether oxygens (including phenoxy) is 1. The highest BCUT2D eigenvalue weighted by atomic mass is 16.5. The van der Waals surface area contributed by atoms with Crippen molar-refractivity contribution in [2.24, 2.45) is 0 Å². The highest BCUT2D eigenvalue weighted by Crippen LogP contribution is 2.20. The van der Waals surface area contributed by atoms with Gasteiger partial charge in [0.2, 0.25) is 11.8 Å². The number of amides is 2. The number of aromatic nitrogens is 1. The zero-order chi connectivity index (χ0) is 19.2. The van der Waals surface area contributed by atoms with Crippen LogP contribution in [0.15, 0.2) is 54.7 Å². The summed E-state index contributed by atoms with van der Waals surface area (Å²) in [5, 5.41) is 6.68. The van der Waals surface area contributed by atoms with Crippen LogP contribution in [0.25, 0.3) is 10.9 Å². The zero-order valence-electron chi connectivity index (χ0n) is 15.4. The van der Waals surface area contributed by atoms with E-state index in [1.165, 1.54) is 6.92 Å². The van der Waals surface area contributed by atoms with Gasteiger partial charge in [0.1, 0.15) is 6.04 Å². The number of carbonyl (C=O) groups is 2. The Morgan fingerprint density at radius 1 is 1.15 bits per heavy atom. The molecule has 2 amide bonds. The number of anilines is 1. The second-order valence-corrected chi connectivity index (χ2v) is 6.44. The molecule has 3 rings (SSSR count). The van der Waals surface area contributed by atoms with Gasteiger partial charge in [0.25, 0.3) is 0 Å². The quantitative estimate of drug-likeness (QED) is 0.602. The van der Waals surface area contributed by atoms with E-state index in [1.54, 1.807) is 7.11 Å². The van der Waals surface area contributed by atoms with Gasteiger partial charge in [-0.1, -0.05) is 30.3 Å². The molecule has 0 radical (unpaired) electrons. The Balaban J connectivity index is 1.78. The third kappa shape index (κ3) is 4.74. The van der Waals surface area contributed by atoms with E-state index in [9.17, 15) is 9.59 Å². The number of fused-ring (bicyclic) bond motifs is 1. The molecule has 0 spiro atoms. The van der Waals surface area contributed by atoms with Crippen LogP contribution in [0.2, 0.25) is 0 Å². The van der Waals surface area contributed by atoms with E-state index in [1.807, 2.05) is 54.7 Å². The summed E-state index contributed by atoms with van der Waals surface area (Å²) in [5.74, 6) is -0.506. The average molecular weight is 365 g/mol. The van der Waals surface area contributed by atoms with E-state index >= 15 is 0 Å². The van der Waals surface area contributed by atoms with E-state index in [4.69, 9.17) is 4.74 Å². The highest BCUT2D eigenvalue weighted by molar-refractivity contribution is 5.97. The molecule has 1 aromatic heterocycles. The third-order valence-electron chi connectivity index (χ3n) is 4.30. The van der Waals surface area contributed by atoms with Gasteiger partial charge in [0.15, 0.2) is 0 Å². The van der Waals surface area contributed by atoms with Crippen molar-refractivity contribution in [1.29, 1.82) is 0 Å². The first-order chi connectivity index (χ1) is 13.1. The van der Waals surface area contributed by atoms with Gasteiger partial charge in [-0.25, -0.2) is 0 Å². The van der Waals surface area contributed by atoms with Gasteiger partial charge in [-0.3, -0.25) is 9.59 Å². The lowest BCUT2D eigenvalue weighted by atomic mass is 10.0. The van der Waals surface area contributed by atoms with Crippen molar-refractivity contribution in [3.63, 3.8) is 0 Å². The van der Waals surface area contributed by atoms with Gasteiger partial charge >= 0.3 is 0 Å². The lowest BCUT2D eigenvalue weighted by Crippen LogP contribution is -2.44. The largest absolute Gasteiger partial charge is 0.380 e. The molecule has 0 saturated carbocycles. The number of benzene rings is 2. The maximum Gasteiger partial charge on any atom is 0.247 e. The van der Waals surface area contributed by atoms with E-state index in [0.717, 1.165) is 22.0 Å². The molecule has 6 nitrogen and oxygen atoms in total. The minimum Gasteiger partial charge on any atom is -0.380 e. The van der Waals surface area contributed by atoms with Gasteiger partial charge in [0, 0.05) is 43.2 Å². The summed E-state index contributed by atoms with van der Waals surface area (Å²) >= 11 is 0. The summed E-state index contributed by atoms with van der Waals surface area (Å²) in [4.78, 5) is 27.6. The predicted molar refractivity (Wildman–Crippen MR) is 105 cm³/mol. The summed E-state index contributed by atoms with van der Waals surface area (Å²) in [7, 11) is 1.62. The van der Waals surface area contributed by atoms with Crippen LogP contribution in [0.4, 0.5) is 5.69 Å². The molecule has 6 heteroatoms. The van der Waals surface area contributed by atoms with Crippen LogP contribution < -0.4 is 10.6 Å². The smallest absolute Gasteiger partial charge is 0.247 e. The molecule has 3 aromatic rings. The Labute approximate surface area is 157 Å². The second-order valence-electron chi connectivity index (χ2n) is 6.44. The van der Waals surface area contributed by atoms with Crippen LogP contribution in [-0.4, -0.2) is 29.9 Å². The molecule has 0 bridgehead atoms. The summed E-state index contributed by atoms with van der Waals surface area (Å²) in [6.07, 6.45) is 2.28. The summed E-state index contributed by atoms with van der Waals surface area (Å²) in [6, 6.07) is 14.7. The van der Waals surface area contributed by atoms with Crippen molar-refractivity contribution in [3.05, 3.63) is 65.9 Å². The maximum atomic E-state index is 12.8. The molecule has 0 aliphatic carbocycles. The number of aromatic amines is 1. The van der Waals surface area contributed by atoms with E-state index in [-0.39, 0.29) is 11.8 Å². The van der Waals surface area contributed by atoms with Gasteiger partial charge in [-0.05, 0) is 29.3 Å². The van der Waals surface area contributed by atoms with Crippen molar-refractivity contribution in [3.8, 4) is 0 Å². The van der Waals surface area contributed by atoms with Crippen LogP contribution in [0, 0.1) is 0 Å². The van der Waals surface area contributed by atoms with Crippen LogP contribution in [0.5, 0.6) is 0 Å². The second kappa shape index (κ2) is 8.51. The summed E-state index contributed by atoms with van der Waals surface area (Å²) in [5.41, 5.74) is 3.61. The third-order valence-corrected chi connectivity index (χ3v) is 4.30. The van der Waals surface area contributed by atoms with E-state index < -0.39 is 6.04 Å². The molecular weight excluding hydrogens is 342 g/mol. The Hall–Kier alpha value is -3.12. The number of rotatable bonds is 7. The van der Waals surface area contributed by atoms with Crippen LogP contribution in [0.3, 0.4) is 0 Å². The fourth-order valence-corrected chi connectivity index (χ4v) is 3.11. The Morgan fingerprint density at radius 3 is 2.74 bits per heavy atom. The molecule has 140 valence electrons. The fraction of sp³-hybridized carbons (Fsp3) is 0.238. The number of methoxy groups -OCH3 is 1. The lowest BCUT2D eigenvalue weighted by Gasteiger charge is -2.18. The van der Waals surface area contributed by atoms with Crippen molar-refractivity contribution in [2.75, 3.05) is 12.4 Å². The Bertz CT molecular complexity index is 949. The summed E-state index contributed by atoms with van der Waals surface area (Å²) in [6.45, 7) is 1.88. The van der Waals surface area contributed by atoms with Gasteiger partial charge in [-0.15, -0.1) is 0 Å². The van der Waals surface area contributed by atoms with E-state index in [2.05, 4.69) is 15.6 Å². The molecule has 0 saturated heterocycles. The first kappa shape index (κ1) is 18.7. The monoisotopic (exact) mass is 365 g/mol. The minimum absolute atomic E-state index is 0.247. The van der Waals surface area contributed by atoms with Crippen LogP contribution in [-0.2, 0) is 27.4 Å². The molecule has 2 aromatic carbocycles. The van der Waals surface area contributed by atoms with Gasteiger partial charge < -0.3 is 20.4 Å². The van der Waals surface area contributed by atoms with Gasteiger partial charge in [-0.2, -0.15) is 0 Å². The Kier molecular flexibility index (Phi) is 5.88. The molecule has 27 heavy (non-hydrogen) atoms. The van der Waals surface area contributed by atoms with Crippen molar-refractivity contribution < 1.29 is 14.3 Å². The lowest BCUT2D eigenvalue weighted by molar-refractivity contribution is -0.125. The molecule has 0 aliphatic rings. The number of nitrogens with one attached hydrogen (secondary N) is 3. The summed E-state index contributed by atoms with van der Waals surface area (Å²) < 4.78 is 5.13. The van der Waals surface area contributed by atoms with Crippen molar-refractivity contribution >= 4 is 28.4 Å². The number of H-pyrrole nitrogens is 1. The molecule has 1 unspecified atom stereocenters. The number of carbonyl (C=O) groups excluding carboxylic acids is 2. The first-order valence-electron chi connectivity index (χ1n) is 8.77. The van der Waals surface area contributed by atoms with Crippen molar-refractivity contribution in [2.45, 2.75) is 26.0 Å². The first-order valence-corrected chi connectivity index (χ1v) is 8.77. The molecule has 1 heterocycles. The maximum absolute atomic E-state index is 12.8. The topological polar surface area (TPSA) is 83.2 Å². The predicted octanol–water partition coefficient (Wildman–Crippen LogP) is 3.00. The SMILES string of the molecule is COCc1cccc(NC(=O)C(Cc2c[nH]c3ccccc23)NC(C)=O)c1. The zero-order valence-corrected chi connectivity index (χ0v) is 15.4. The molecule has 1 atom stereocenters. The standard InChI is InChI=1S/C21H23N3O3/c1-14(25)23-20(11-16-12-22-19-9-4-3-8-18(16)19)21(26)24-17-7-5-6-15(10-17)13-27-2/h3-10,12,20,22H,11,13H2,1-2H3,(H,23,25)(H,24,26). The van der Waals surface area contributed by atoms with Gasteiger partial charge in [0.05, 0.1) is 6.61 Å². The molecular formula is C21H23N3O3. The van der Waals surface area contributed by atoms with Crippen molar-refractivity contribution in [1.82, 2.24) is 10.3 Å². The normalized spacial score (nSPS) is 11.9. The molecule has 0 fully saturated rings. The highest BCUT2D eigenvalue weighted by Gasteiger charge is 2.21. The number of hydrogen-bond acceptors (Lipinski definition) is 3. The Morgan fingerprint density at radius 2 is 1.96 bits per heavy atom. The average Bonchev–Trinajstić information content (AvgIpc) is 3.04. The van der Waals surface area contributed by atoms with E-state index in [0.29, 0.717) is 18.7 Å². The number of para-hydroxylation sites is 1. The molecule has 3 N–H and O–H groups in total. The molecule has 0 aliphatic heterocycles. The van der Waals surface area contributed by atoms with Crippen LogP contribution >= 0.6 is 0 Å². The minimum atomic E-state index is -0.673. The fourth-order valence-electron chi connectivity index (χ4n) is 3.11.